The molecule has 0 amide bonds. The normalized spacial score (nSPS) is 19.6. The monoisotopic (exact) mass is 664 g/mol. The molecule has 11 nitrogen and oxygen atoms in total. The number of H-pyrrole nitrogens is 1. The molecular weight excluding hydrogens is 628 g/mol. The first-order valence-electron chi connectivity index (χ1n) is 15.6. The van der Waals surface area contributed by atoms with Crippen LogP contribution in [0.5, 0.6) is 11.5 Å². The fourth-order valence-corrected chi connectivity index (χ4v) is 6.65. The summed E-state index contributed by atoms with van der Waals surface area (Å²) in [5, 5.41) is 25.0. The number of aromatic nitrogens is 2. The van der Waals surface area contributed by atoms with Gasteiger partial charge in [0.2, 0.25) is 0 Å². The summed E-state index contributed by atoms with van der Waals surface area (Å²) in [6.07, 6.45) is -6.43. The highest BCUT2D eigenvalue weighted by atomic mass is 16.6. The van der Waals surface area contributed by atoms with Crippen LogP contribution in [0.3, 0.4) is 0 Å². The maximum absolute atomic E-state index is 13.4. The number of aromatic amines is 1. The van der Waals surface area contributed by atoms with Gasteiger partial charge in [0, 0.05) is 17.3 Å². The van der Waals surface area contributed by atoms with Crippen LogP contribution in [0, 0.1) is 6.92 Å². The Balaban J connectivity index is 1.57. The minimum Gasteiger partial charge on any atom is -0.493 e. The summed E-state index contributed by atoms with van der Waals surface area (Å²) in [7, 11) is 3.00. The van der Waals surface area contributed by atoms with E-state index in [0.29, 0.717) is 28.2 Å². The Morgan fingerprint density at radius 3 is 2.02 bits per heavy atom. The van der Waals surface area contributed by atoms with Gasteiger partial charge in [-0.05, 0) is 36.2 Å². The Morgan fingerprint density at radius 1 is 0.857 bits per heavy atom. The second kappa shape index (κ2) is 13.9. The number of benzene rings is 4. The maximum atomic E-state index is 13.4. The van der Waals surface area contributed by atoms with Crippen molar-refractivity contribution in [3.8, 4) is 11.5 Å². The molecule has 3 N–H and O–H groups in total. The molecule has 2 heterocycles. The van der Waals surface area contributed by atoms with Gasteiger partial charge in [-0.2, -0.15) is 0 Å². The first-order valence-corrected chi connectivity index (χ1v) is 15.6. The number of carbonyl (C=O) groups excluding carboxylic acids is 1. The summed E-state index contributed by atoms with van der Waals surface area (Å²) in [6.45, 7) is 1.50. The predicted octanol–water partition coefficient (Wildman–Crippen LogP) is 3.74. The van der Waals surface area contributed by atoms with Gasteiger partial charge in [0.1, 0.15) is 18.3 Å². The van der Waals surface area contributed by atoms with E-state index in [4.69, 9.17) is 18.9 Å². The van der Waals surface area contributed by atoms with Crippen molar-refractivity contribution >= 4 is 5.97 Å². The van der Waals surface area contributed by atoms with Gasteiger partial charge in [-0.15, -0.1) is 0 Å². The van der Waals surface area contributed by atoms with Crippen molar-refractivity contribution in [3.63, 3.8) is 0 Å². The zero-order valence-electron chi connectivity index (χ0n) is 27.1. The number of methoxy groups -OCH3 is 2. The van der Waals surface area contributed by atoms with Crippen molar-refractivity contribution in [2.75, 3.05) is 14.2 Å². The topological polar surface area (TPSA) is 149 Å². The molecular formula is C38H36N2O9. The van der Waals surface area contributed by atoms with E-state index in [1.165, 1.54) is 27.3 Å². The third-order valence-corrected chi connectivity index (χ3v) is 8.96. The lowest BCUT2D eigenvalue weighted by Gasteiger charge is -2.43. The summed E-state index contributed by atoms with van der Waals surface area (Å²) in [5.74, 6) is -0.0473. The SMILES string of the molecule is COc1cccc(C(c2ccccc2)(c2ccccc2)C(O)[C@H]2O[C@H](n3cc(C)c(=O)[nH]c3=O)[C@@H](OC(=O)c3ccccc3)[C@@H]2O)c1OC. The quantitative estimate of drug-likeness (QED) is 0.150. The van der Waals surface area contributed by atoms with Crippen LogP contribution in [-0.4, -0.2) is 64.4 Å². The molecule has 1 aliphatic heterocycles. The van der Waals surface area contributed by atoms with Crippen molar-refractivity contribution in [2.45, 2.75) is 43.0 Å². The molecule has 4 aromatic carbocycles. The zero-order chi connectivity index (χ0) is 34.7. The molecule has 5 atom stereocenters. The minimum absolute atomic E-state index is 0.179. The van der Waals surface area contributed by atoms with Gasteiger partial charge in [-0.3, -0.25) is 14.3 Å². The number of nitrogens with zero attached hydrogens (tertiary/aromatic N) is 1. The number of aryl methyl sites for hydroxylation is 1. The van der Waals surface area contributed by atoms with Crippen LogP contribution >= 0.6 is 0 Å². The Hall–Kier alpha value is -5.49. The van der Waals surface area contributed by atoms with Crippen LogP contribution in [0.15, 0.2) is 125 Å². The highest BCUT2D eigenvalue weighted by Gasteiger charge is 2.57. The van der Waals surface area contributed by atoms with Crippen LogP contribution in [-0.2, 0) is 14.9 Å². The number of hydrogen-bond donors (Lipinski definition) is 3. The number of ether oxygens (including phenoxy) is 4. The summed E-state index contributed by atoms with van der Waals surface area (Å²) in [6, 6.07) is 31.8. The molecule has 1 aromatic heterocycles. The molecule has 1 aliphatic rings. The van der Waals surface area contributed by atoms with E-state index in [0.717, 1.165) is 4.57 Å². The number of nitrogens with one attached hydrogen (secondary N) is 1. The Bertz CT molecular complexity index is 1990. The van der Waals surface area contributed by atoms with Crippen LogP contribution in [0.25, 0.3) is 0 Å². The second-order valence-electron chi connectivity index (χ2n) is 11.7. The van der Waals surface area contributed by atoms with Gasteiger partial charge < -0.3 is 29.2 Å². The number of hydrogen-bond acceptors (Lipinski definition) is 9. The van der Waals surface area contributed by atoms with Gasteiger partial charge in [-0.25, -0.2) is 9.59 Å². The minimum atomic E-state index is -1.67. The van der Waals surface area contributed by atoms with E-state index >= 15 is 0 Å². The molecule has 1 fully saturated rings. The van der Waals surface area contributed by atoms with E-state index in [2.05, 4.69) is 4.98 Å². The number of aliphatic hydroxyl groups is 2. The average molecular weight is 665 g/mol. The molecule has 0 saturated carbocycles. The molecule has 0 spiro atoms. The second-order valence-corrected chi connectivity index (χ2v) is 11.7. The van der Waals surface area contributed by atoms with Gasteiger partial charge in [-0.1, -0.05) is 91.0 Å². The van der Waals surface area contributed by atoms with E-state index in [9.17, 15) is 24.6 Å². The van der Waals surface area contributed by atoms with E-state index in [1.807, 2.05) is 60.7 Å². The molecule has 0 radical (unpaired) electrons. The lowest BCUT2D eigenvalue weighted by atomic mass is 9.63. The number of esters is 1. The van der Waals surface area contributed by atoms with Gasteiger partial charge in [0.05, 0.1) is 25.2 Å². The predicted molar refractivity (Wildman–Crippen MR) is 180 cm³/mol. The Labute approximate surface area is 281 Å². The molecule has 252 valence electrons. The summed E-state index contributed by atoms with van der Waals surface area (Å²) in [4.78, 5) is 41.1. The third-order valence-electron chi connectivity index (χ3n) is 8.96. The van der Waals surface area contributed by atoms with E-state index < -0.39 is 53.3 Å². The lowest BCUT2D eigenvalue weighted by Crippen LogP contribution is -2.52. The van der Waals surface area contributed by atoms with Crippen LogP contribution < -0.4 is 20.7 Å². The van der Waals surface area contributed by atoms with E-state index in [1.54, 1.807) is 48.5 Å². The molecule has 1 unspecified atom stereocenters. The molecule has 0 aliphatic carbocycles. The average Bonchev–Trinajstić information content (AvgIpc) is 3.45. The van der Waals surface area contributed by atoms with Crippen molar-refractivity contribution in [3.05, 3.63) is 164 Å². The van der Waals surface area contributed by atoms with Crippen molar-refractivity contribution in [1.82, 2.24) is 9.55 Å². The highest BCUT2D eigenvalue weighted by Crippen LogP contribution is 2.51. The Morgan fingerprint density at radius 2 is 1.45 bits per heavy atom. The molecule has 0 bridgehead atoms. The highest BCUT2D eigenvalue weighted by molar-refractivity contribution is 5.89. The number of aliphatic hydroxyl groups excluding tert-OH is 2. The van der Waals surface area contributed by atoms with Gasteiger partial charge >= 0.3 is 11.7 Å². The van der Waals surface area contributed by atoms with Crippen LogP contribution in [0.2, 0.25) is 0 Å². The number of para-hydroxylation sites is 1. The lowest BCUT2D eigenvalue weighted by molar-refractivity contribution is -0.0998. The molecule has 6 rings (SSSR count). The third kappa shape index (κ3) is 5.92. The molecule has 1 saturated heterocycles. The summed E-state index contributed by atoms with van der Waals surface area (Å²) >= 11 is 0. The molecule has 5 aromatic rings. The van der Waals surface area contributed by atoms with Gasteiger partial charge in [0.25, 0.3) is 5.56 Å². The van der Waals surface area contributed by atoms with E-state index in [-0.39, 0.29) is 11.1 Å². The van der Waals surface area contributed by atoms with Crippen LogP contribution in [0.4, 0.5) is 0 Å². The summed E-state index contributed by atoms with van der Waals surface area (Å²) in [5.41, 5.74) is -0.840. The largest absolute Gasteiger partial charge is 0.493 e. The van der Waals surface area contributed by atoms with Crippen molar-refractivity contribution in [1.29, 1.82) is 0 Å². The number of rotatable bonds is 10. The summed E-state index contributed by atoms with van der Waals surface area (Å²) < 4.78 is 25.0. The molecule has 11 heteroatoms. The first-order chi connectivity index (χ1) is 23.7. The smallest absolute Gasteiger partial charge is 0.338 e. The first kappa shape index (κ1) is 33.4. The number of carbonyl (C=O) groups is 1. The molecule has 49 heavy (non-hydrogen) atoms. The zero-order valence-corrected chi connectivity index (χ0v) is 27.1. The van der Waals surface area contributed by atoms with Crippen molar-refractivity contribution in [2.24, 2.45) is 0 Å². The van der Waals surface area contributed by atoms with Crippen LogP contribution in [0.1, 0.15) is 38.8 Å². The Kier molecular flexibility index (Phi) is 9.50. The fourth-order valence-electron chi connectivity index (χ4n) is 6.65. The van der Waals surface area contributed by atoms with Gasteiger partial charge in [0.15, 0.2) is 23.8 Å². The maximum Gasteiger partial charge on any atom is 0.338 e. The van der Waals surface area contributed by atoms with Crippen molar-refractivity contribution < 1.29 is 34.0 Å². The fraction of sp³-hybridized carbons (Fsp3) is 0.237. The standard InChI is InChI=1S/C38H36N2O9/c1-23-22-40(37(45)39-34(23)43)35-32(49-36(44)24-14-7-4-8-15-24)29(41)31(48-35)33(42)38(25-16-9-5-10-17-25,26-18-11-6-12-19-26)27-20-13-21-28(46-2)30(27)47-3/h4-22,29,31-33,35,41-42H,1-3H3,(H,39,43,45)/t29-,31+,32+,33?,35+/m1/s1.